The molecular weight excluding hydrogens is 448 g/mol. The number of benzene rings is 2. The first-order valence-electron chi connectivity index (χ1n) is 9.94. The molecule has 7 nitrogen and oxygen atoms in total. The lowest BCUT2D eigenvalue weighted by atomic mass is 10.1. The Morgan fingerprint density at radius 1 is 1.09 bits per heavy atom. The van der Waals surface area contributed by atoms with E-state index in [4.69, 9.17) is 11.6 Å². The Labute approximate surface area is 191 Å². The molecule has 0 saturated carbocycles. The minimum Gasteiger partial charge on any atom is -0.337 e. The number of carbonyl (C=O) groups excluding carboxylic acids is 1. The van der Waals surface area contributed by atoms with Crippen LogP contribution in [0.3, 0.4) is 0 Å². The molecule has 0 aliphatic carbocycles. The summed E-state index contributed by atoms with van der Waals surface area (Å²) >= 11 is 6.14. The maximum absolute atomic E-state index is 13.1. The van der Waals surface area contributed by atoms with Crippen LogP contribution in [0.5, 0.6) is 0 Å². The lowest BCUT2D eigenvalue weighted by Crippen LogP contribution is -2.18. The number of anilines is 2. The van der Waals surface area contributed by atoms with Crippen LogP contribution in [-0.4, -0.2) is 23.9 Å². The van der Waals surface area contributed by atoms with E-state index in [0.29, 0.717) is 22.9 Å². The molecule has 0 spiro atoms. The first-order chi connectivity index (χ1) is 15.3. The molecule has 0 bridgehead atoms. The number of sulfonamides is 1. The van der Waals surface area contributed by atoms with Crippen LogP contribution in [0, 0.1) is 6.92 Å². The maximum atomic E-state index is 13.1. The van der Waals surface area contributed by atoms with Crippen molar-refractivity contribution in [1.29, 1.82) is 0 Å². The molecule has 2 aromatic carbocycles. The first kappa shape index (κ1) is 21.9. The lowest BCUT2D eigenvalue weighted by molar-refractivity contribution is 0.101. The highest BCUT2D eigenvalue weighted by Crippen LogP contribution is 2.29. The van der Waals surface area contributed by atoms with Gasteiger partial charge in [-0.15, -0.1) is 0 Å². The molecule has 0 fully saturated rings. The van der Waals surface area contributed by atoms with Gasteiger partial charge < -0.3 is 9.88 Å². The topological polar surface area (TPSA) is 93.1 Å². The molecule has 0 atom stereocenters. The fourth-order valence-corrected chi connectivity index (χ4v) is 4.82. The summed E-state index contributed by atoms with van der Waals surface area (Å²) in [4.78, 5) is 17.1. The lowest BCUT2D eigenvalue weighted by Gasteiger charge is -2.11. The van der Waals surface area contributed by atoms with Crippen LogP contribution in [0.4, 0.5) is 11.5 Å². The molecule has 2 aromatic heterocycles. The predicted molar refractivity (Wildman–Crippen MR) is 127 cm³/mol. The van der Waals surface area contributed by atoms with E-state index in [-0.39, 0.29) is 16.6 Å². The monoisotopic (exact) mass is 468 g/mol. The summed E-state index contributed by atoms with van der Waals surface area (Å²) in [7, 11) is -3.79. The largest absolute Gasteiger partial charge is 0.337 e. The molecule has 9 heteroatoms. The summed E-state index contributed by atoms with van der Waals surface area (Å²) in [5, 5.41) is 4.39. The summed E-state index contributed by atoms with van der Waals surface area (Å²) < 4.78 is 29.5. The molecule has 164 valence electrons. The van der Waals surface area contributed by atoms with Gasteiger partial charge in [-0.25, -0.2) is 13.4 Å². The van der Waals surface area contributed by atoms with Gasteiger partial charge in [-0.2, -0.15) is 0 Å². The van der Waals surface area contributed by atoms with E-state index < -0.39 is 10.0 Å². The van der Waals surface area contributed by atoms with E-state index in [1.54, 1.807) is 36.4 Å². The van der Waals surface area contributed by atoms with E-state index in [9.17, 15) is 13.2 Å². The van der Waals surface area contributed by atoms with E-state index in [1.165, 1.54) is 18.3 Å². The van der Waals surface area contributed by atoms with E-state index in [2.05, 4.69) is 15.0 Å². The summed E-state index contributed by atoms with van der Waals surface area (Å²) in [5.41, 5.74) is 2.79. The number of hydrogen-bond acceptors (Lipinski definition) is 4. The molecule has 0 unspecified atom stereocenters. The van der Waals surface area contributed by atoms with Gasteiger partial charge in [0.2, 0.25) is 0 Å². The number of halogens is 1. The van der Waals surface area contributed by atoms with Gasteiger partial charge in [-0.3, -0.25) is 9.52 Å². The van der Waals surface area contributed by atoms with Crippen molar-refractivity contribution in [2.75, 3.05) is 10.0 Å². The van der Waals surface area contributed by atoms with E-state index >= 15 is 0 Å². The average Bonchev–Trinajstić information content (AvgIpc) is 3.05. The Bertz CT molecular complexity index is 1400. The van der Waals surface area contributed by atoms with Crippen LogP contribution >= 0.6 is 11.6 Å². The maximum Gasteiger partial charge on any atom is 0.272 e. The second-order valence-electron chi connectivity index (χ2n) is 7.18. The molecule has 4 aromatic rings. The van der Waals surface area contributed by atoms with Gasteiger partial charge >= 0.3 is 0 Å². The van der Waals surface area contributed by atoms with Crippen molar-refractivity contribution in [2.45, 2.75) is 25.3 Å². The van der Waals surface area contributed by atoms with Crippen molar-refractivity contribution in [3.8, 4) is 0 Å². The van der Waals surface area contributed by atoms with Crippen molar-refractivity contribution in [3.05, 3.63) is 83.1 Å². The summed E-state index contributed by atoms with van der Waals surface area (Å²) in [5.74, 6) is -0.0493. The SMILES string of the molecule is CCn1c(C(=O)Nc2ccc(S(=O)(=O)Nc3ccccn3)cc2)c(C)c2cc(Cl)ccc21. The minimum absolute atomic E-state index is 0.0645. The third-order valence-electron chi connectivity index (χ3n) is 5.14. The molecule has 0 aliphatic rings. The first-order valence-corrected chi connectivity index (χ1v) is 11.8. The molecule has 0 saturated heterocycles. The smallest absolute Gasteiger partial charge is 0.272 e. The molecular formula is C23H21ClN4O3S. The highest BCUT2D eigenvalue weighted by molar-refractivity contribution is 7.92. The molecule has 32 heavy (non-hydrogen) atoms. The standard InChI is InChI=1S/C23H21ClN4O3S/c1-3-28-20-12-7-16(24)14-19(20)15(2)22(28)23(29)26-17-8-10-18(11-9-17)32(30,31)27-21-6-4-5-13-25-21/h4-14H,3H2,1-2H3,(H,25,27)(H,26,29). The van der Waals surface area contributed by atoms with Crippen molar-refractivity contribution >= 4 is 49.9 Å². The summed E-state index contributed by atoms with van der Waals surface area (Å²) in [6.07, 6.45) is 1.50. The van der Waals surface area contributed by atoms with Gasteiger partial charge in [-0.05, 0) is 74.0 Å². The Balaban J connectivity index is 1.58. The number of amides is 1. The predicted octanol–water partition coefficient (Wildman–Crippen LogP) is 5.07. The fourth-order valence-electron chi connectivity index (χ4n) is 3.64. The Kier molecular flexibility index (Phi) is 5.90. The summed E-state index contributed by atoms with van der Waals surface area (Å²) in [6, 6.07) is 16.5. The second kappa shape index (κ2) is 8.64. The zero-order valence-corrected chi connectivity index (χ0v) is 19.0. The number of pyridine rings is 1. The van der Waals surface area contributed by atoms with Crippen LogP contribution in [0.15, 0.2) is 71.8 Å². The minimum atomic E-state index is -3.79. The van der Waals surface area contributed by atoms with Gasteiger partial charge in [0.25, 0.3) is 15.9 Å². The van der Waals surface area contributed by atoms with Crippen molar-refractivity contribution < 1.29 is 13.2 Å². The third-order valence-corrected chi connectivity index (χ3v) is 6.74. The molecule has 4 rings (SSSR count). The Morgan fingerprint density at radius 3 is 2.50 bits per heavy atom. The number of nitrogens with one attached hydrogen (secondary N) is 2. The average molecular weight is 469 g/mol. The Morgan fingerprint density at radius 2 is 1.84 bits per heavy atom. The highest BCUT2D eigenvalue weighted by atomic mass is 35.5. The van der Waals surface area contributed by atoms with E-state index in [0.717, 1.165) is 16.5 Å². The molecule has 2 heterocycles. The number of aromatic nitrogens is 2. The van der Waals surface area contributed by atoms with Gasteiger partial charge in [0.1, 0.15) is 11.5 Å². The number of carbonyl (C=O) groups is 1. The number of aryl methyl sites for hydroxylation is 2. The van der Waals surface area contributed by atoms with Crippen LogP contribution in [0.25, 0.3) is 10.9 Å². The van der Waals surface area contributed by atoms with Crippen molar-refractivity contribution in [1.82, 2.24) is 9.55 Å². The number of hydrogen-bond donors (Lipinski definition) is 2. The number of rotatable bonds is 6. The normalized spacial score (nSPS) is 11.5. The van der Waals surface area contributed by atoms with Crippen molar-refractivity contribution in [3.63, 3.8) is 0 Å². The molecule has 0 aliphatic heterocycles. The molecule has 2 N–H and O–H groups in total. The number of nitrogens with zero attached hydrogens (tertiary/aromatic N) is 2. The number of fused-ring (bicyclic) bond motifs is 1. The zero-order valence-electron chi connectivity index (χ0n) is 17.5. The second-order valence-corrected chi connectivity index (χ2v) is 9.30. The highest BCUT2D eigenvalue weighted by Gasteiger charge is 2.20. The van der Waals surface area contributed by atoms with Crippen LogP contribution in [0.1, 0.15) is 23.0 Å². The Hall–Kier alpha value is -3.36. The van der Waals surface area contributed by atoms with Gasteiger partial charge in [-0.1, -0.05) is 17.7 Å². The molecule has 0 radical (unpaired) electrons. The molecule has 1 amide bonds. The van der Waals surface area contributed by atoms with Gasteiger partial charge in [0.15, 0.2) is 0 Å². The quantitative estimate of drug-likeness (QED) is 0.413. The van der Waals surface area contributed by atoms with Crippen LogP contribution in [0.2, 0.25) is 5.02 Å². The zero-order chi connectivity index (χ0) is 22.9. The van der Waals surface area contributed by atoms with E-state index in [1.807, 2.05) is 30.5 Å². The fraction of sp³-hybridized carbons (Fsp3) is 0.130. The van der Waals surface area contributed by atoms with Gasteiger partial charge in [0, 0.05) is 34.4 Å². The van der Waals surface area contributed by atoms with Crippen LogP contribution in [-0.2, 0) is 16.6 Å². The summed E-state index contributed by atoms with van der Waals surface area (Å²) in [6.45, 7) is 4.47. The van der Waals surface area contributed by atoms with Gasteiger partial charge in [0.05, 0.1) is 4.90 Å². The van der Waals surface area contributed by atoms with Crippen LogP contribution < -0.4 is 10.0 Å². The van der Waals surface area contributed by atoms with Crippen molar-refractivity contribution in [2.24, 2.45) is 0 Å². The third kappa shape index (κ3) is 4.19.